The van der Waals surface area contributed by atoms with Gasteiger partial charge in [0.1, 0.15) is 0 Å². The standard InChI is InChI=1S/C16H19N7O3S/c1-4-5-6-23-11(20-21-22-23)8-27-16-18-13-12(14(24)19-16)10(15(25)26-3)7-9(2)17-13/h7H,4-6,8H2,1-3H3,(H,17,18,19,24). The Balaban J connectivity index is 1.90. The second-order valence-electron chi connectivity index (χ2n) is 5.83. The van der Waals surface area contributed by atoms with E-state index < -0.39 is 11.5 Å². The van der Waals surface area contributed by atoms with Crippen molar-refractivity contribution < 1.29 is 9.53 Å². The van der Waals surface area contributed by atoms with Gasteiger partial charge >= 0.3 is 5.97 Å². The first-order valence-electron chi connectivity index (χ1n) is 8.41. The van der Waals surface area contributed by atoms with Crippen molar-refractivity contribution in [2.75, 3.05) is 7.11 Å². The van der Waals surface area contributed by atoms with Crippen molar-refractivity contribution in [2.24, 2.45) is 0 Å². The van der Waals surface area contributed by atoms with Gasteiger partial charge in [-0.25, -0.2) is 19.4 Å². The lowest BCUT2D eigenvalue weighted by Crippen LogP contribution is -2.16. The van der Waals surface area contributed by atoms with Crippen LogP contribution in [-0.4, -0.2) is 48.2 Å². The highest BCUT2D eigenvalue weighted by atomic mass is 32.2. The molecule has 1 N–H and O–H groups in total. The second kappa shape index (κ2) is 8.25. The van der Waals surface area contributed by atoms with Crippen molar-refractivity contribution in [3.05, 3.63) is 33.5 Å². The number of hydrogen-bond acceptors (Lipinski definition) is 9. The average molecular weight is 389 g/mol. The molecule has 0 radical (unpaired) electrons. The number of ether oxygens (including phenoxy) is 1. The highest BCUT2D eigenvalue weighted by Crippen LogP contribution is 2.20. The van der Waals surface area contributed by atoms with E-state index >= 15 is 0 Å². The second-order valence-corrected chi connectivity index (χ2v) is 6.80. The molecular formula is C16H19N7O3S. The number of fused-ring (bicyclic) bond motifs is 1. The van der Waals surface area contributed by atoms with E-state index in [1.807, 2.05) is 0 Å². The summed E-state index contributed by atoms with van der Waals surface area (Å²) in [4.78, 5) is 35.8. The lowest BCUT2D eigenvalue weighted by molar-refractivity contribution is 0.0602. The zero-order valence-corrected chi connectivity index (χ0v) is 16.0. The molecule has 0 aliphatic carbocycles. The molecule has 10 nitrogen and oxygen atoms in total. The number of H-pyrrole nitrogens is 1. The number of carbonyl (C=O) groups excluding carboxylic acids is 1. The van der Waals surface area contributed by atoms with Crippen LogP contribution in [0.4, 0.5) is 0 Å². The van der Waals surface area contributed by atoms with E-state index in [2.05, 4.69) is 37.4 Å². The molecule has 3 aromatic rings. The summed E-state index contributed by atoms with van der Waals surface area (Å²) in [5.41, 5.74) is 0.475. The molecule has 0 saturated carbocycles. The Labute approximate surface area is 158 Å². The fourth-order valence-corrected chi connectivity index (χ4v) is 3.31. The summed E-state index contributed by atoms with van der Waals surface area (Å²) < 4.78 is 6.49. The van der Waals surface area contributed by atoms with Gasteiger partial charge in [-0.3, -0.25) is 4.79 Å². The highest BCUT2D eigenvalue weighted by Gasteiger charge is 2.18. The number of unbranched alkanes of at least 4 members (excludes halogenated alkanes) is 1. The number of rotatable bonds is 7. The van der Waals surface area contributed by atoms with Crippen LogP contribution in [0.2, 0.25) is 0 Å². The minimum Gasteiger partial charge on any atom is -0.465 e. The van der Waals surface area contributed by atoms with Crippen molar-refractivity contribution in [3.8, 4) is 0 Å². The molecule has 3 rings (SSSR count). The molecular weight excluding hydrogens is 370 g/mol. The van der Waals surface area contributed by atoms with E-state index in [-0.39, 0.29) is 16.6 Å². The number of tetrazole rings is 1. The third-order valence-corrected chi connectivity index (χ3v) is 4.73. The number of methoxy groups -OCH3 is 1. The number of thioether (sulfide) groups is 1. The van der Waals surface area contributed by atoms with Crippen molar-refractivity contribution in [1.29, 1.82) is 0 Å². The third-order valence-electron chi connectivity index (χ3n) is 3.86. The molecule has 0 aliphatic rings. The van der Waals surface area contributed by atoms with E-state index in [0.29, 0.717) is 22.4 Å². The minimum absolute atomic E-state index is 0.115. The molecule has 27 heavy (non-hydrogen) atoms. The Morgan fingerprint density at radius 3 is 2.93 bits per heavy atom. The summed E-state index contributed by atoms with van der Waals surface area (Å²) >= 11 is 1.29. The SMILES string of the molecule is CCCCn1nnnc1CSc1nc2nc(C)cc(C(=O)OC)c2c(=O)[nH]1. The number of carbonyl (C=O) groups is 1. The van der Waals surface area contributed by atoms with E-state index in [0.717, 1.165) is 19.4 Å². The molecule has 11 heteroatoms. The monoisotopic (exact) mass is 389 g/mol. The van der Waals surface area contributed by atoms with Crippen LogP contribution < -0.4 is 5.56 Å². The summed E-state index contributed by atoms with van der Waals surface area (Å²) in [7, 11) is 1.26. The maximum atomic E-state index is 12.5. The smallest absolute Gasteiger partial charge is 0.338 e. The van der Waals surface area contributed by atoms with Gasteiger partial charge < -0.3 is 9.72 Å². The number of hydrogen-bond donors (Lipinski definition) is 1. The molecule has 0 bridgehead atoms. The van der Waals surface area contributed by atoms with Gasteiger partial charge in [-0.2, -0.15) is 0 Å². The Bertz CT molecular complexity index is 1030. The summed E-state index contributed by atoms with van der Waals surface area (Å²) in [6.07, 6.45) is 2.02. The van der Waals surface area contributed by atoms with E-state index in [1.54, 1.807) is 11.6 Å². The molecule has 0 fully saturated rings. The summed E-state index contributed by atoms with van der Waals surface area (Å²) in [6, 6.07) is 1.51. The average Bonchev–Trinajstić information content (AvgIpc) is 3.10. The van der Waals surface area contributed by atoms with Crippen molar-refractivity contribution in [3.63, 3.8) is 0 Å². The van der Waals surface area contributed by atoms with Gasteiger partial charge in [0.2, 0.25) is 0 Å². The predicted octanol–water partition coefficient (Wildman–Crippen LogP) is 1.49. The maximum Gasteiger partial charge on any atom is 0.338 e. The van der Waals surface area contributed by atoms with E-state index in [1.165, 1.54) is 24.9 Å². The number of nitrogens with zero attached hydrogens (tertiary/aromatic N) is 6. The molecule has 3 aromatic heterocycles. The van der Waals surface area contributed by atoms with Gasteiger partial charge in [0.25, 0.3) is 5.56 Å². The van der Waals surface area contributed by atoms with Crippen molar-refractivity contribution >= 4 is 28.8 Å². The Kier molecular flexibility index (Phi) is 5.79. The van der Waals surface area contributed by atoms with Crippen molar-refractivity contribution in [2.45, 2.75) is 44.1 Å². The van der Waals surface area contributed by atoms with Crippen LogP contribution in [0.1, 0.15) is 41.6 Å². The Hall–Kier alpha value is -2.82. The Morgan fingerprint density at radius 1 is 1.37 bits per heavy atom. The fraction of sp³-hybridized carbons (Fsp3) is 0.438. The van der Waals surface area contributed by atoms with Gasteiger partial charge in [0.05, 0.1) is 23.8 Å². The van der Waals surface area contributed by atoms with Gasteiger partial charge in [-0.1, -0.05) is 25.1 Å². The Morgan fingerprint density at radius 2 is 2.19 bits per heavy atom. The van der Waals surface area contributed by atoms with Crippen LogP contribution in [0.5, 0.6) is 0 Å². The van der Waals surface area contributed by atoms with Crippen LogP contribution in [-0.2, 0) is 17.0 Å². The number of aromatic nitrogens is 7. The van der Waals surface area contributed by atoms with Crippen LogP contribution in [0.15, 0.2) is 16.0 Å². The highest BCUT2D eigenvalue weighted by molar-refractivity contribution is 7.98. The quantitative estimate of drug-likeness (QED) is 0.363. The number of aromatic amines is 1. The normalized spacial score (nSPS) is 11.1. The van der Waals surface area contributed by atoms with Gasteiger partial charge in [-0.05, 0) is 29.8 Å². The predicted molar refractivity (Wildman–Crippen MR) is 98.5 cm³/mol. The number of pyridine rings is 1. The number of nitrogens with one attached hydrogen (secondary N) is 1. The molecule has 0 aromatic carbocycles. The topological polar surface area (TPSA) is 129 Å². The summed E-state index contributed by atoms with van der Waals surface area (Å²) in [6.45, 7) is 4.56. The lowest BCUT2D eigenvalue weighted by Gasteiger charge is -2.07. The summed E-state index contributed by atoms with van der Waals surface area (Å²) in [5.74, 6) is 0.540. The zero-order chi connectivity index (χ0) is 19.4. The summed E-state index contributed by atoms with van der Waals surface area (Å²) in [5, 5.41) is 12.2. The maximum absolute atomic E-state index is 12.5. The third kappa shape index (κ3) is 4.13. The molecule has 0 aliphatic heterocycles. The number of esters is 1. The van der Waals surface area contributed by atoms with Gasteiger partial charge in [0, 0.05) is 12.2 Å². The first-order valence-corrected chi connectivity index (χ1v) is 9.39. The minimum atomic E-state index is -0.603. The van der Waals surface area contributed by atoms with Crippen LogP contribution in [0, 0.1) is 6.92 Å². The molecule has 0 saturated heterocycles. The van der Waals surface area contributed by atoms with Crippen LogP contribution in [0.3, 0.4) is 0 Å². The van der Waals surface area contributed by atoms with Crippen molar-refractivity contribution in [1.82, 2.24) is 35.2 Å². The molecule has 3 heterocycles. The molecule has 0 unspecified atom stereocenters. The molecule has 0 spiro atoms. The first kappa shape index (κ1) is 19.0. The fourth-order valence-electron chi connectivity index (χ4n) is 2.53. The first-order chi connectivity index (χ1) is 13.0. The lowest BCUT2D eigenvalue weighted by atomic mass is 10.1. The molecule has 0 amide bonds. The zero-order valence-electron chi connectivity index (χ0n) is 15.2. The molecule has 142 valence electrons. The van der Waals surface area contributed by atoms with Crippen LogP contribution in [0.25, 0.3) is 11.0 Å². The van der Waals surface area contributed by atoms with Crippen LogP contribution >= 0.6 is 11.8 Å². The molecule has 0 atom stereocenters. The van der Waals surface area contributed by atoms with Gasteiger partial charge in [0.15, 0.2) is 16.6 Å². The largest absolute Gasteiger partial charge is 0.465 e. The van der Waals surface area contributed by atoms with E-state index in [9.17, 15) is 9.59 Å². The number of aryl methyl sites for hydroxylation is 2. The van der Waals surface area contributed by atoms with E-state index in [4.69, 9.17) is 4.74 Å². The van der Waals surface area contributed by atoms with Gasteiger partial charge in [-0.15, -0.1) is 5.10 Å².